The van der Waals surface area contributed by atoms with Gasteiger partial charge in [-0.15, -0.1) is 0 Å². The number of fused-ring (bicyclic) bond motifs is 3. The van der Waals surface area contributed by atoms with Crippen LogP contribution in [0, 0.1) is 24.1 Å². The quantitative estimate of drug-likeness (QED) is 0.404. The highest BCUT2D eigenvalue weighted by Crippen LogP contribution is 2.43. The molecule has 0 fully saturated rings. The molecular weight excluding hydrogens is 434 g/mol. The number of ether oxygens (including phenoxy) is 1. The molecule has 4 rings (SSSR count). The van der Waals surface area contributed by atoms with Crippen molar-refractivity contribution >= 4 is 10.9 Å². The van der Waals surface area contributed by atoms with Crippen molar-refractivity contribution in [3.63, 3.8) is 0 Å². The van der Waals surface area contributed by atoms with Gasteiger partial charge in [0.25, 0.3) is 0 Å². The largest absolute Gasteiger partial charge is 0.492 e. The molecule has 2 N–H and O–H groups in total. The zero-order valence-corrected chi connectivity index (χ0v) is 19.8. The van der Waals surface area contributed by atoms with E-state index in [4.69, 9.17) is 4.74 Å². The van der Waals surface area contributed by atoms with E-state index in [1.165, 1.54) is 17.0 Å². The van der Waals surface area contributed by atoms with Crippen molar-refractivity contribution in [1.29, 1.82) is 5.26 Å². The molecule has 2 aromatic carbocycles. The predicted molar refractivity (Wildman–Crippen MR) is 130 cm³/mol. The van der Waals surface area contributed by atoms with E-state index in [1.54, 1.807) is 6.07 Å². The topological polar surface area (TPSA) is 64.1 Å². The van der Waals surface area contributed by atoms with Gasteiger partial charge in [0.05, 0.1) is 18.8 Å². The van der Waals surface area contributed by atoms with Gasteiger partial charge in [0.2, 0.25) is 0 Å². The van der Waals surface area contributed by atoms with Gasteiger partial charge in [-0.05, 0) is 62.6 Å². The number of para-hydroxylation sites is 1. The van der Waals surface area contributed by atoms with Crippen LogP contribution in [-0.2, 0) is 6.42 Å². The number of nitriles is 1. The molecule has 180 valence electrons. The Balaban J connectivity index is 1.72. The summed E-state index contributed by atoms with van der Waals surface area (Å²) in [6.07, 6.45) is 1.69. The first kappa shape index (κ1) is 24.2. The average molecular weight is 467 g/mol. The van der Waals surface area contributed by atoms with E-state index in [-0.39, 0.29) is 24.6 Å². The van der Waals surface area contributed by atoms with Gasteiger partial charge >= 0.3 is 0 Å². The summed E-state index contributed by atoms with van der Waals surface area (Å²) in [5, 5.41) is 13.6. The summed E-state index contributed by atoms with van der Waals surface area (Å²) in [4.78, 5) is 5.80. The third-order valence-electron chi connectivity index (χ3n) is 6.71. The number of nitrogens with zero attached hydrogens (tertiary/aromatic N) is 2. The third-order valence-corrected chi connectivity index (χ3v) is 6.71. The van der Waals surface area contributed by atoms with Crippen LogP contribution >= 0.6 is 0 Å². The molecule has 0 aliphatic carbocycles. The van der Waals surface area contributed by atoms with Crippen LogP contribution in [0.1, 0.15) is 48.2 Å². The van der Waals surface area contributed by atoms with Crippen LogP contribution in [0.3, 0.4) is 0 Å². The molecule has 0 amide bonds. The van der Waals surface area contributed by atoms with Crippen LogP contribution < -0.4 is 10.1 Å². The van der Waals surface area contributed by atoms with E-state index < -0.39 is 0 Å². The molecular formula is C27H32F2N4O. The van der Waals surface area contributed by atoms with Crippen LogP contribution in [0.15, 0.2) is 36.4 Å². The molecule has 0 bridgehead atoms. The molecule has 1 aliphatic heterocycles. The van der Waals surface area contributed by atoms with Crippen LogP contribution in [0.2, 0.25) is 0 Å². The maximum atomic E-state index is 15.5. The van der Waals surface area contributed by atoms with E-state index >= 15 is 4.39 Å². The van der Waals surface area contributed by atoms with Crippen molar-refractivity contribution in [3.05, 3.63) is 64.6 Å². The number of rotatable bonds is 10. The van der Waals surface area contributed by atoms with Gasteiger partial charge in [0.15, 0.2) is 0 Å². The Labute approximate surface area is 199 Å². The number of hydrogen-bond donors (Lipinski definition) is 2. The van der Waals surface area contributed by atoms with Crippen molar-refractivity contribution in [2.24, 2.45) is 0 Å². The second-order valence-electron chi connectivity index (χ2n) is 8.89. The van der Waals surface area contributed by atoms with Crippen molar-refractivity contribution in [3.8, 4) is 11.8 Å². The molecule has 0 saturated heterocycles. The molecule has 1 unspecified atom stereocenters. The summed E-state index contributed by atoms with van der Waals surface area (Å²) in [7, 11) is 0. The standard InChI is InChI=1S/C27H32F2N4O/c1-18-17-21-20-7-3-4-8-23(20)32-26(21)27(33(18)15-6-12-30)25-19(2)24(10-9-22(25)29)34-16-14-31-13-5-11-28/h3-4,7-10,18,27,31-32H,5-6,11,13-17H2,1-2H3/t18-,27?/m1/s1. The molecule has 0 saturated carbocycles. The Morgan fingerprint density at radius 3 is 2.85 bits per heavy atom. The fraction of sp³-hybridized carbons (Fsp3) is 0.444. The Kier molecular flexibility index (Phi) is 7.81. The van der Waals surface area contributed by atoms with Gasteiger partial charge in [-0.1, -0.05) is 18.2 Å². The third kappa shape index (κ3) is 4.79. The van der Waals surface area contributed by atoms with Gasteiger partial charge in [0.1, 0.15) is 18.2 Å². The zero-order chi connectivity index (χ0) is 24.1. The highest BCUT2D eigenvalue weighted by Gasteiger charge is 2.38. The van der Waals surface area contributed by atoms with Crippen molar-refractivity contribution < 1.29 is 13.5 Å². The molecule has 1 aliphatic rings. The maximum absolute atomic E-state index is 15.5. The lowest BCUT2D eigenvalue weighted by Gasteiger charge is -2.41. The number of alkyl halides is 1. The lowest BCUT2D eigenvalue weighted by atomic mass is 9.86. The first-order valence-corrected chi connectivity index (χ1v) is 12.0. The molecule has 1 aromatic heterocycles. The fourth-order valence-corrected chi connectivity index (χ4v) is 5.06. The summed E-state index contributed by atoms with van der Waals surface area (Å²) in [5.41, 5.74) is 4.58. The maximum Gasteiger partial charge on any atom is 0.128 e. The molecule has 7 heteroatoms. The molecule has 0 spiro atoms. The number of hydrogen-bond acceptors (Lipinski definition) is 4. The van der Waals surface area contributed by atoms with Crippen molar-refractivity contribution in [1.82, 2.24) is 15.2 Å². The van der Waals surface area contributed by atoms with Gasteiger partial charge in [0, 0.05) is 47.7 Å². The van der Waals surface area contributed by atoms with Crippen LogP contribution in [0.5, 0.6) is 5.75 Å². The summed E-state index contributed by atoms with van der Waals surface area (Å²) < 4.78 is 33.8. The molecule has 2 atom stereocenters. The number of aromatic nitrogens is 1. The van der Waals surface area contributed by atoms with E-state index in [1.807, 2.05) is 25.1 Å². The van der Waals surface area contributed by atoms with E-state index in [0.29, 0.717) is 50.4 Å². The Morgan fingerprint density at radius 1 is 1.24 bits per heavy atom. The highest BCUT2D eigenvalue weighted by atomic mass is 19.1. The van der Waals surface area contributed by atoms with Gasteiger partial charge in [-0.2, -0.15) is 5.26 Å². The smallest absolute Gasteiger partial charge is 0.128 e. The SMILES string of the molecule is Cc1c(OCCNCCCF)ccc(F)c1C1c2[nH]c3ccccc3c2C[C@@H](C)N1CCC#N. The number of nitrogens with one attached hydrogen (secondary N) is 2. The fourth-order valence-electron chi connectivity index (χ4n) is 5.06. The summed E-state index contributed by atoms with van der Waals surface area (Å²) in [6, 6.07) is 13.4. The number of halogens is 2. The number of aromatic amines is 1. The second-order valence-corrected chi connectivity index (χ2v) is 8.89. The highest BCUT2D eigenvalue weighted by molar-refractivity contribution is 5.85. The van der Waals surface area contributed by atoms with Gasteiger partial charge in [-0.3, -0.25) is 9.29 Å². The Bertz CT molecular complexity index is 1170. The average Bonchev–Trinajstić information content (AvgIpc) is 3.20. The van der Waals surface area contributed by atoms with E-state index in [2.05, 4.69) is 34.3 Å². The summed E-state index contributed by atoms with van der Waals surface area (Å²) in [6.45, 7) is 5.86. The van der Waals surface area contributed by atoms with Gasteiger partial charge < -0.3 is 15.0 Å². The normalized spacial score (nSPS) is 18.1. The van der Waals surface area contributed by atoms with Crippen LogP contribution in [0.4, 0.5) is 8.78 Å². The number of H-pyrrole nitrogens is 1. The lowest BCUT2D eigenvalue weighted by Crippen LogP contribution is -2.43. The lowest BCUT2D eigenvalue weighted by molar-refractivity contribution is 0.149. The van der Waals surface area contributed by atoms with Crippen molar-refractivity contribution in [2.45, 2.75) is 45.2 Å². The van der Waals surface area contributed by atoms with Gasteiger partial charge in [-0.25, -0.2) is 4.39 Å². The second kappa shape index (κ2) is 11.0. The Hall–Kier alpha value is -2.95. The molecule has 34 heavy (non-hydrogen) atoms. The molecule has 0 radical (unpaired) electrons. The first-order valence-electron chi connectivity index (χ1n) is 12.0. The predicted octanol–water partition coefficient (Wildman–Crippen LogP) is 5.19. The minimum Gasteiger partial charge on any atom is -0.492 e. The van der Waals surface area contributed by atoms with Crippen LogP contribution in [0.25, 0.3) is 10.9 Å². The van der Waals surface area contributed by atoms with E-state index in [0.717, 1.165) is 23.2 Å². The van der Waals surface area contributed by atoms with E-state index in [9.17, 15) is 9.65 Å². The molecule has 3 aromatic rings. The van der Waals surface area contributed by atoms with Crippen molar-refractivity contribution in [2.75, 3.05) is 32.9 Å². The first-order chi connectivity index (χ1) is 16.6. The monoisotopic (exact) mass is 466 g/mol. The Morgan fingerprint density at radius 2 is 2.06 bits per heavy atom. The summed E-state index contributed by atoms with van der Waals surface area (Å²) in [5.74, 6) is 0.358. The molecule has 2 heterocycles. The minimum absolute atomic E-state index is 0.146. The summed E-state index contributed by atoms with van der Waals surface area (Å²) >= 11 is 0. The number of benzene rings is 2. The zero-order valence-electron chi connectivity index (χ0n) is 19.8. The minimum atomic E-state index is -0.342. The van der Waals surface area contributed by atoms with Crippen LogP contribution in [-0.4, -0.2) is 48.8 Å². The molecule has 5 nitrogen and oxygen atoms in total.